The Morgan fingerprint density at radius 2 is 0.964 bits per heavy atom. The molecule has 28 heavy (non-hydrogen) atoms. The summed E-state index contributed by atoms with van der Waals surface area (Å²) in [7, 11) is -1.40. The van der Waals surface area contributed by atoms with E-state index in [0.717, 1.165) is 31.4 Å². The Bertz CT molecular complexity index is 718. The molecule has 3 nitrogen and oxygen atoms in total. The number of benzene rings is 3. The lowest BCUT2D eigenvalue weighted by Crippen LogP contribution is -2.02. The molecule has 0 heterocycles. The molecule has 3 aromatic rings. The molecule has 146 valence electrons. The largest absolute Gasteiger partial charge is 0.427 e. The van der Waals surface area contributed by atoms with Gasteiger partial charge in [-0.2, -0.15) is 0 Å². The summed E-state index contributed by atoms with van der Waals surface area (Å²) in [4.78, 5) is 0. The van der Waals surface area contributed by atoms with Crippen LogP contribution >= 0.6 is 8.60 Å². The fourth-order valence-corrected chi connectivity index (χ4v) is 3.81. The predicted molar refractivity (Wildman–Crippen MR) is 115 cm³/mol. The fourth-order valence-electron chi connectivity index (χ4n) is 2.78. The molecule has 0 fully saturated rings. The Labute approximate surface area is 169 Å². The van der Waals surface area contributed by atoms with Crippen molar-refractivity contribution < 1.29 is 13.6 Å². The second-order valence-electron chi connectivity index (χ2n) is 6.47. The quantitative estimate of drug-likeness (QED) is 0.256. The highest BCUT2D eigenvalue weighted by molar-refractivity contribution is 7.42. The minimum atomic E-state index is -1.40. The minimum absolute atomic E-state index is 0.617. The van der Waals surface area contributed by atoms with E-state index in [9.17, 15) is 0 Å². The van der Waals surface area contributed by atoms with E-state index in [-0.39, 0.29) is 0 Å². The summed E-state index contributed by atoms with van der Waals surface area (Å²) < 4.78 is 17.8. The Hall–Kier alpha value is -2.19. The molecule has 0 aliphatic carbocycles. The van der Waals surface area contributed by atoms with Crippen molar-refractivity contribution in [1.29, 1.82) is 0 Å². The van der Waals surface area contributed by atoms with Crippen LogP contribution in [0.5, 0.6) is 5.75 Å². The average Bonchev–Trinajstić information content (AvgIpc) is 2.76. The van der Waals surface area contributed by atoms with Crippen molar-refractivity contribution in [3.05, 3.63) is 102 Å². The highest BCUT2D eigenvalue weighted by atomic mass is 31.2. The van der Waals surface area contributed by atoms with Crippen LogP contribution in [0, 0.1) is 0 Å². The van der Waals surface area contributed by atoms with Crippen molar-refractivity contribution >= 4 is 8.60 Å². The summed E-state index contributed by atoms with van der Waals surface area (Å²) in [5.41, 5.74) is 2.64. The van der Waals surface area contributed by atoms with Gasteiger partial charge in [-0.1, -0.05) is 78.9 Å². The van der Waals surface area contributed by atoms with Crippen LogP contribution in [-0.2, 0) is 21.9 Å². The van der Waals surface area contributed by atoms with Gasteiger partial charge >= 0.3 is 8.60 Å². The lowest BCUT2D eigenvalue weighted by atomic mass is 10.1. The lowest BCUT2D eigenvalue weighted by molar-refractivity contribution is 0.202. The van der Waals surface area contributed by atoms with E-state index in [1.807, 2.05) is 42.5 Å². The van der Waals surface area contributed by atoms with Gasteiger partial charge in [0.1, 0.15) is 5.75 Å². The van der Waals surface area contributed by atoms with Gasteiger partial charge in [0.05, 0.1) is 13.2 Å². The first-order valence-electron chi connectivity index (χ1n) is 9.77. The molecule has 3 aromatic carbocycles. The summed E-state index contributed by atoms with van der Waals surface area (Å²) in [5, 5.41) is 0. The summed E-state index contributed by atoms with van der Waals surface area (Å²) >= 11 is 0. The smallest absolute Gasteiger partial charge is 0.397 e. The van der Waals surface area contributed by atoms with Gasteiger partial charge in [0.25, 0.3) is 0 Å². The highest BCUT2D eigenvalue weighted by Crippen LogP contribution is 2.40. The second-order valence-corrected chi connectivity index (χ2v) is 7.62. The number of para-hydroxylation sites is 1. The molecular weight excluding hydrogens is 367 g/mol. The third kappa shape index (κ3) is 7.82. The zero-order chi connectivity index (χ0) is 19.3. The van der Waals surface area contributed by atoms with Crippen LogP contribution in [-0.4, -0.2) is 13.2 Å². The van der Waals surface area contributed by atoms with Crippen LogP contribution in [0.3, 0.4) is 0 Å². The Kier molecular flexibility index (Phi) is 9.03. The number of rotatable bonds is 12. The molecule has 0 spiro atoms. The van der Waals surface area contributed by atoms with Crippen LogP contribution < -0.4 is 4.52 Å². The van der Waals surface area contributed by atoms with Crippen molar-refractivity contribution in [1.82, 2.24) is 0 Å². The van der Waals surface area contributed by atoms with Crippen molar-refractivity contribution in [2.24, 2.45) is 0 Å². The maximum absolute atomic E-state index is 5.94. The molecule has 0 amide bonds. The van der Waals surface area contributed by atoms with Crippen LogP contribution in [0.4, 0.5) is 0 Å². The van der Waals surface area contributed by atoms with Crippen molar-refractivity contribution in [2.45, 2.75) is 25.7 Å². The minimum Gasteiger partial charge on any atom is -0.427 e. The van der Waals surface area contributed by atoms with E-state index in [2.05, 4.69) is 48.5 Å². The number of aryl methyl sites for hydroxylation is 2. The summed E-state index contributed by atoms with van der Waals surface area (Å²) in [6.45, 7) is 1.23. The standard InChI is InChI=1S/C24H27O3P/c1-4-12-22(13-5-1)16-10-20-25-28(27-24-18-8-3-9-19-24)26-21-11-17-23-14-6-2-7-15-23/h1-9,12-15,18-19H,10-11,16-17,20-21H2. The van der Waals surface area contributed by atoms with Crippen molar-refractivity contribution in [2.75, 3.05) is 13.2 Å². The zero-order valence-corrected chi connectivity index (χ0v) is 17.0. The van der Waals surface area contributed by atoms with Crippen LogP contribution in [0.1, 0.15) is 24.0 Å². The van der Waals surface area contributed by atoms with Gasteiger partial charge in [0, 0.05) is 0 Å². The molecule has 3 rings (SSSR count). The summed E-state index contributed by atoms with van der Waals surface area (Å²) in [6, 6.07) is 30.6. The molecule has 0 N–H and O–H groups in total. The lowest BCUT2D eigenvalue weighted by Gasteiger charge is -2.17. The molecular formula is C24H27O3P. The van der Waals surface area contributed by atoms with E-state index in [1.165, 1.54) is 11.1 Å². The molecule has 0 aliphatic heterocycles. The van der Waals surface area contributed by atoms with E-state index in [4.69, 9.17) is 13.6 Å². The molecule has 0 bridgehead atoms. The van der Waals surface area contributed by atoms with Gasteiger partial charge in [0.2, 0.25) is 0 Å². The van der Waals surface area contributed by atoms with Crippen LogP contribution in [0.25, 0.3) is 0 Å². The van der Waals surface area contributed by atoms with Gasteiger partial charge in [-0.15, -0.1) is 0 Å². The molecule has 0 aromatic heterocycles. The normalized spacial score (nSPS) is 10.9. The molecule has 0 saturated heterocycles. The molecule has 0 unspecified atom stereocenters. The van der Waals surface area contributed by atoms with E-state index < -0.39 is 8.60 Å². The number of hydrogen-bond donors (Lipinski definition) is 0. The molecule has 0 aliphatic rings. The second kappa shape index (κ2) is 12.3. The van der Waals surface area contributed by atoms with Gasteiger partial charge in [0.15, 0.2) is 0 Å². The third-order valence-electron chi connectivity index (χ3n) is 4.22. The number of hydrogen-bond acceptors (Lipinski definition) is 3. The first-order valence-corrected chi connectivity index (χ1v) is 10.9. The topological polar surface area (TPSA) is 27.7 Å². The van der Waals surface area contributed by atoms with Crippen LogP contribution in [0.15, 0.2) is 91.0 Å². The molecule has 4 heteroatoms. The van der Waals surface area contributed by atoms with E-state index in [1.54, 1.807) is 0 Å². The zero-order valence-electron chi connectivity index (χ0n) is 16.1. The third-order valence-corrected chi connectivity index (χ3v) is 5.37. The van der Waals surface area contributed by atoms with E-state index >= 15 is 0 Å². The monoisotopic (exact) mass is 394 g/mol. The maximum atomic E-state index is 5.94. The SMILES string of the molecule is c1ccc(CCCOP(OCCCc2ccccc2)Oc2ccccc2)cc1. The maximum Gasteiger partial charge on any atom is 0.397 e. The van der Waals surface area contributed by atoms with Crippen molar-refractivity contribution in [3.8, 4) is 5.75 Å². The molecule has 0 radical (unpaired) electrons. The summed E-state index contributed by atoms with van der Waals surface area (Å²) in [5.74, 6) is 0.778. The molecule has 0 saturated carbocycles. The van der Waals surface area contributed by atoms with Crippen molar-refractivity contribution in [3.63, 3.8) is 0 Å². The van der Waals surface area contributed by atoms with Crippen LogP contribution in [0.2, 0.25) is 0 Å². The average molecular weight is 394 g/mol. The van der Waals surface area contributed by atoms with Gasteiger partial charge in [-0.05, 0) is 48.9 Å². The Morgan fingerprint density at radius 3 is 1.43 bits per heavy atom. The molecule has 0 atom stereocenters. The highest BCUT2D eigenvalue weighted by Gasteiger charge is 2.14. The van der Waals surface area contributed by atoms with E-state index in [0.29, 0.717) is 13.2 Å². The fraction of sp³-hybridized carbons (Fsp3) is 0.250. The van der Waals surface area contributed by atoms with Gasteiger partial charge in [-0.3, -0.25) is 0 Å². The van der Waals surface area contributed by atoms with Gasteiger partial charge in [-0.25, -0.2) is 0 Å². The Balaban J connectivity index is 1.42. The first-order chi connectivity index (χ1) is 13.9. The van der Waals surface area contributed by atoms with Gasteiger partial charge < -0.3 is 13.6 Å². The predicted octanol–water partition coefficient (Wildman–Crippen LogP) is 6.59. The first kappa shape index (κ1) is 20.5. The summed E-state index contributed by atoms with van der Waals surface area (Å²) in [6.07, 6.45) is 3.86. The Morgan fingerprint density at radius 1 is 0.536 bits per heavy atom.